The third-order valence-corrected chi connectivity index (χ3v) is 3.55. The maximum Gasteiger partial charge on any atom is 0.123 e. The van der Waals surface area contributed by atoms with Gasteiger partial charge in [0.2, 0.25) is 0 Å². The van der Waals surface area contributed by atoms with Crippen LogP contribution in [0.2, 0.25) is 0 Å². The Morgan fingerprint density at radius 1 is 1.14 bits per heavy atom. The summed E-state index contributed by atoms with van der Waals surface area (Å²) in [5.74, 6) is 1.01. The molecule has 0 aliphatic heterocycles. The summed E-state index contributed by atoms with van der Waals surface area (Å²) in [4.78, 5) is 2.35. The number of rotatable bonds is 11. The Bertz CT molecular complexity index is 379. The average molecular weight is 292 g/mol. The largest absolute Gasteiger partial charge is 0.492 e. The number of nitrogens with zero attached hydrogens (tertiary/aromatic N) is 1. The van der Waals surface area contributed by atoms with Gasteiger partial charge in [0, 0.05) is 24.7 Å². The molecule has 0 unspecified atom stereocenters. The molecule has 0 spiro atoms. The van der Waals surface area contributed by atoms with Crippen LogP contribution in [0.1, 0.15) is 45.6 Å². The molecule has 0 radical (unpaired) electrons. The van der Waals surface area contributed by atoms with Crippen molar-refractivity contribution < 1.29 is 4.74 Å². The third kappa shape index (κ3) is 8.08. The summed E-state index contributed by atoms with van der Waals surface area (Å²) < 4.78 is 5.96. The zero-order valence-electron chi connectivity index (χ0n) is 14.2. The van der Waals surface area contributed by atoms with Crippen molar-refractivity contribution in [2.45, 2.75) is 52.6 Å². The first kappa shape index (κ1) is 18.0. The topological polar surface area (TPSA) is 24.5 Å². The van der Waals surface area contributed by atoms with E-state index in [9.17, 15) is 0 Å². The molecule has 21 heavy (non-hydrogen) atoms. The first-order valence-electron chi connectivity index (χ1n) is 8.26. The van der Waals surface area contributed by atoms with E-state index in [1.807, 2.05) is 6.07 Å². The van der Waals surface area contributed by atoms with Crippen molar-refractivity contribution in [1.29, 1.82) is 0 Å². The highest BCUT2D eigenvalue weighted by Gasteiger charge is 2.04. The van der Waals surface area contributed by atoms with Gasteiger partial charge in [-0.05, 0) is 26.1 Å². The molecule has 0 saturated heterocycles. The predicted molar refractivity (Wildman–Crippen MR) is 90.9 cm³/mol. The molecular weight excluding hydrogens is 260 g/mol. The smallest absolute Gasteiger partial charge is 0.123 e. The van der Waals surface area contributed by atoms with Crippen molar-refractivity contribution in [3.63, 3.8) is 0 Å². The summed E-state index contributed by atoms with van der Waals surface area (Å²) in [7, 11) is 2.17. The monoisotopic (exact) mass is 292 g/mol. The highest BCUT2D eigenvalue weighted by molar-refractivity contribution is 5.33. The van der Waals surface area contributed by atoms with Crippen molar-refractivity contribution in [3.8, 4) is 5.75 Å². The molecule has 1 aromatic carbocycles. The molecule has 1 N–H and O–H groups in total. The van der Waals surface area contributed by atoms with Crippen LogP contribution >= 0.6 is 0 Å². The minimum atomic E-state index is 0.489. The number of ether oxygens (including phenoxy) is 1. The average Bonchev–Trinajstić information content (AvgIpc) is 2.46. The van der Waals surface area contributed by atoms with Gasteiger partial charge in [0.25, 0.3) is 0 Å². The highest BCUT2D eigenvalue weighted by Crippen LogP contribution is 2.17. The van der Waals surface area contributed by atoms with Crippen LogP contribution in [0, 0.1) is 0 Å². The summed E-state index contributed by atoms with van der Waals surface area (Å²) in [6.07, 6.45) is 3.87. The standard InChI is InChI=1S/C18H32N2O/c1-5-6-9-12-20(4)13-14-21-18-11-8-7-10-17(18)15-19-16(2)3/h7-8,10-11,16,19H,5-6,9,12-15H2,1-4H3. The second kappa shape index (κ2) is 10.6. The maximum absolute atomic E-state index is 5.96. The molecule has 0 saturated carbocycles. The lowest BCUT2D eigenvalue weighted by molar-refractivity contribution is 0.233. The number of unbranched alkanes of at least 4 members (excludes halogenated alkanes) is 2. The number of nitrogens with one attached hydrogen (secondary N) is 1. The fourth-order valence-corrected chi connectivity index (χ4v) is 2.16. The summed E-state index contributed by atoms with van der Waals surface area (Å²) in [5, 5.41) is 3.45. The van der Waals surface area contributed by atoms with Crippen LogP contribution in [-0.2, 0) is 6.54 Å². The van der Waals surface area contributed by atoms with E-state index in [1.54, 1.807) is 0 Å². The third-order valence-electron chi connectivity index (χ3n) is 3.55. The molecule has 0 atom stereocenters. The van der Waals surface area contributed by atoms with Gasteiger partial charge in [-0.15, -0.1) is 0 Å². The summed E-state index contributed by atoms with van der Waals surface area (Å²) >= 11 is 0. The second-order valence-corrected chi connectivity index (χ2v) is 6.00. The Labute approximate surface area is 130 Å². The molecule has 0 bridgehead atoms. The van der Waals surface area contributed by atoms with E-state index in [0.717, 1.165) is 32.0 Å². The van der Waals surface area contributed by atoms with Gasteiger partial charge in [0.1, 0.15) is 12.4 Å². The van der Waals surface area contributed by atoms with Gasteiger partial charge in [0.05, 0.1) is 0 Å². The molecule has 1 rings (SSSR count). The first-order chi connectivity index (χ1) is 10.1. The van der Waals surface area contributed by atoms with Gasteiger partial charge >= 0.3 is 0 Å². The van der Waals surface area contributed by atoms with E-state index in [0.29, 0.717) is 6.04 Å². The molecule has 120 valence electrons. The lowest BCUT2D eigenvalue weighted by Gasteiger charge is -2.18. The number of hydrogen-bond acceptors (Lipinski definition) is 3. The van der Waals surface area contributed by atoms with Crippen LogP contribution in [0.3, 0.4) is 0 Å². The second-order valence-electron chi connectivity index (χ2n) is 6.00. The lowest BCUT2D eigenvalue weighted by atomic mass is 10.2. The van der Waals surface area contributed by atoms with Crippen molar-refractivity contribution >= 4 is 0 Å². The Morgan fingerprint density at radius 3 is 2.62 bits per heavy atom. The van der Waals surface area contributed by atoms with Gasteiger partial charge in [-0.3, -0.25) is 0 Å². The van der Waals surface area contributed by atoms with E-state index in [1.165, 1.54) is 24.8 Å². The van der Waals surface area contributed by atoms with Crippen LogP contribution in [0.25, 0.3) is 0 Å². The molecule has 3 nitrogen and oxygen atoms in total. The minimum absolute atomic E-state index is 0.489. The normalized spacial score (nSPS) is 11.3. The Morgan fingerprint density at radius 2 is 1.90 bits per heavy atom. The molecule has 3 heteroatoms. The van der Waals surface area contributed by atoms with Crippen molar-refractivity contribution in [3.05, 3.63) is 29.8 Å². The molecular formula is C18H32N2O. The fourth-order valence-electron chi connectivity index (χ4n) is 2.16. The van der Waals surface area contributed by atoms with Gasteiger partial charge in [-0.1, -0.05) is 51.8 Å². The number of para-hydroxylation sites is 1. The number of benzene rings is 1. The first-order valence-corrected chi connectivity index (χ1v) is 8.26. The van der Waals surface area contributed by atoms with E-state index in [-0.39, 0.29) is 0 Å². The quantitative estimate of drug-likeness (QED) is 0.630. The van der Waals surface area contributed by atoms with Gasteiger partial charge < -0.3 is 15.0 Å². The summed E-state index contributed by atoms with van der Waals surface area (Å²) in [5.41, 5.74) is 1.24. The maximum atomic E-state index is 5.96. The predicted octanol–water partition coefficient (Wildman–Crippen LogP) is 3.69. The SMILES string of the molecule is CCCCCN(C)CCOc1ccccc1CNC(C)C. The molecule has 0 amide bonds. The Kier molecular flexibility index (Phi) is 9.11. The van der Waals surface area contributed by atoms with Crippen LogP contribution in [0.5, 0.6) is 5.75 Å². The Balaban J connectivity index is 2.34. The van der Waals surface area contributed by atoms with Crippen molar-refractivity contribution in [2.24, 2.45) is 0 Å². The van der Waals surface area contributed by atoms with Gasteiger partial charge in [0.15, 0.2) is 0 Å². The lowest BCUT2D eigenvalue weighted by Crippen LogP contribution is -2.26. The van der Waals surface area contributed by atoms with Gasteiger partial charge in [-0.25, -0.2) is 0 Å². The molecule has 0 heterocycles. The van der Waals surface area contributed by atoms with Crippen molar-refractivity contribution in [1.82, 2.24) is 10.2 Å². The van der Waals surface area contributed by atoms with Crippen LogP contribution in [0.15, 0.2) is 24.3 Å². The molecule has 0 aromatic heterocycles. The number of hydrogen-bond donors (Lipinski definition) is 1. The van der Waals surface area contributed by atoms with Crippen LogP contribution < -0.4 is 10.1 Å². The molecule has 0 aliphatic rings. The van der Waals surface area contributed by atoms with Gasteiger partial charge in [-0.2, -0.15) is 0 Å². The molecule has 1 aromatic rings. The summed E-state index contributed by atoms with van der Waals surface area (Å²) in [6, 6.07) is 8.80. The number of likely N-dealkylation sites (N-methyl/N-ethyl adjacent to an activating group) is 1. The molecule has 0 aliphatic carbocycles. The fraction of sp³-hybridized carbons (Fsp3) is 0.667. The molecule has 0 fully saturated rings. The van der Waals surface area contributed by atoms with E-state index in [2.05, 4.69) is 56.2 Å². The van der Waals surface area contributed by atoms with E-state index < -0.39 is 0 Å². The van der Waals surface area contributed by atoms with Crippen molar-refractivity contribution in [2.75, 3.05) is 26.7 Å². The van der Waals surface area contributed by atoms with E-state index in [4.69, 9.17) is 4.74 Å². The summed E-state index contributed by atoms with van der Waals surface area (Å²) in [6.45, 7) is 10.3. The highest BCUT2D eigenvalue weighted by atomic mass is 16.5. The zero-order chi connectivity index (χ0) is 15.5. The zero-order valence-corrected chi connectivity index (χ0v) is 14.2. The van der Waals surface area contributed by atoms with Crippen LogP contribution in [0.4, 0.5) is 0 Å². The minimum Gasteiger partial charge on any atom is -0.492 e. The van der Waals surface area contributed by atoms with Crippen LogP contribution in [-0.4, -0.2) is 37.7 Å². The van der Waals surface area contributed by atoms with E-state index >= 15 is 0 Å². The Hall–Kier alpha value is -1.06.